The number of carboxylic acids is 1. The van der Waals surface area contributed by atoms with Crippen molar-refractivity contribution in [3.63, 3.8) is 0 Å². The van der Waals surface area contributed by atoms with Crippen LogP contribution in [0.25, 0.3) is 10.9 Å². The van der Waals surface area contributed by atoms with Crippen molar-refractivity contribution in [2.24, 2.45) is 17.6 Å². The van der Waals surface area contributed by atoms with Gasteiger partial charge in [-0.2, -0.15) is 0 Å². The second-order valence-electron chi connectivity index (χ2n) is 8.74. The number of nitrogens with one attached hydrogen (secondary N) is 4. The first-order valence-electron chi connectivity index (χ1n) is 10.9. The van der Waals surface area contributed by atoms with Crippen LogP contribution in [0.15, 0.2) is 30.5 Å². The van der Waals surface area contributed by atoms with Gasteiger partial charge in [0.05, 0.1) is 12.6 Å². The van der Waals surface area contributed by atoms with Crippen LogP contribution in [-0.2, 0) is 25.6 Å². The van der Waals surface area contributed by atoms with Crippen molar-refractivity contribution in [2.45, 2.75) is 52.2 Å². The zero-order valence-electron chi connectivity index (χ0n) is 19.3. The SMILES string of the molecule is CC(C)C(N)C(=O)NC(Cc1c[nH]c2ccccc12)C(=O)NCC(=O)NC(C(=O)O)C(C)C. The Bertz CT molecular complexity index is 1000. The minimum Gasteiger partial charge on any atom is -0.480 e. The van der Waals surface area contributed by atoms with Crippen LogP contribution in [-0.4, -0.2) is 58.5 Å². The van der Waals surface area contributed by atoms with Crippen molar-refractivity contribution in [2.75, 3.05) is 6.54 Å². The Labute approximate surface area is 192 Å². The summed E-state index contributed by atoms with van der Waals surface area (Å²) >= 11 is 0. The Balaban J connectivity index is 2.13. The molecule has 7 N–H and O–H groups in total. The lowest BCUT2D eigenvalue weighted by Crippen LogP contribution is -2.55. The first-order valence-corrected chi connectivity index (χ1v) is 10.9. The molecule has 0 aliphatic rings. The van der Waals surface area contributed by atoms with Gasteiger partial charge in [-0.25, -0.2) is 4.79 Å². The second-order valence-corrected chi connectivity index (χ2v) is 8.74. The number of carbonyl (C=O) groups is 4. The van der Waals surface area contributed by atoms with Gasteiger partial charge in [0, 0.05) is 23.5 Å². The Morgan fingerprint density at radius 2 is 1.67 bits per heavy atom. The summed E-state index contributed by atoms with van der Waals surface area (Å²) in [5.74, 6) is -3.29. The number of benzene rings is 1. The summed E-state index contributed by atoms with van der Waals surface area (Å²) in [6.45, 7) is 6.52. The van der Waals surface area contributed by atoms with Crippen LogP contribution < -0.4 is 21.7 Å². The molecule has 180 valence electrons. The first-order chi connectivity index (χ1) is 15.5. The van der Waals surface area contributed by atoms with Gasteiger partial charge in [0.1, 0.15) is 12.1 Å². The molecule has 0 radical (unpaired) electrons. The highest BCUT2D eigenvalue weighted by Gasteiger charge is 2.28. The van der Waals surface area contributed by atoms with Gasteiger partial charge in [0.15, 0.2) is 0 Å². The third-order valence-corrected chi connectivity index (χ3v) is 5.43. The molecule has 0 aliphatic heterocycles. The van der Waals surface area contributed by atoms with Crippen molar-refractivity contribution >= 4 is 34.6 Å². The van der Waals surface area contributed by atoms with E-state index in [-0.39, 0.29) is 18.3 Å². The fourth-order valence-electron chi connectivity index (χ4n) is 3.33. The van der Waals surface area contributed by atoms with Gasteiger partial charge < -0.3 is 31.8 Å². The third kappa shape index (κ3) is 7.04. The van der Waals surface area contributed by atoms with E-state index in [1.54, 1.807) is 33.9 Å². The molecule has 1 heterocycles. The molecule has 0 fully saturated rings. The highest BCUT2D eigenvalue weighted by Crippen LogP contribution is 2.19. The van der Waals surface area contributed by atoms with Crippen molar-refractivity contribution in [3.05, 3.63) is 36.0 Å². The molecule has 1 aromatic carbocycles. The van der Waals surface area contributed by atoms with Crippen LogP contribution in [0.1, 0.15) is 33.3 Å². The van der Waals surface area contributed by atoms with E-state index in [0.29, 0.717) is 0 Å². The van der Waals surface area contributed by atoms with Crippen molar-refractivity contribution in [3.8, 4) is 0 Å². The molecule has 0 bridgehead atoms. The van der Waals surface area contributed by atoms with Crippen molar-refractivity contribution in [1.29, 1.82) is 0 Å². The molecule has 3 amide bonds. The predicted octanol–water partition coefficient (Wildman–Crippen LogP) is 0.520. The number of aliphatic carboxylic acids is 1. The highest BCUT2D eigenvalue weighted by molar-refractivity contribution is 5.93. The summed E-state index contributed by atoms with van der Waals surface area (Å²) in [5, 5.41) is 17.7. The van der Waals surface area contributed by atoms with Crippen LogP contribution in [0, 0.1) is 11.8 Å². The van der Waals surface area contributed by atoms with E-state index in [0.717, 1.165) is 16.5 Å². The van der Waals surface area contributed by atoms with Gasteiger partial charge in [-0.1, -0.05) is 45.9 Å². The second kappa shape index (κ2) is 11.5. The normalized spacial score (nSPS) is 14.0. The lowest BCUT2D eigenvalue weighted by atomic mass is 10.0. The summed E-state index contributed by atoms with van der Waals surface area (Å²) in [6.07, 6.45) is 1.95. The molecule has 10 nitrogen and oxygen atoms in total. The molecular weight excluding hydrogens is 426 g/mol. The van der Waals surface area contributed by atoms with Crippen molar-refractivity contribution in [1.82, 2.24) is 20.9 Å². The maximum atomic E-state index is 12.9. The molecule has 2 aromatic rings. The number of para-hydroxylation sites is 1. The van der Waals surface area contributed by atoms with Crippen LogP contribution in [0.3, 0.4) is 0 Å². The summed E-state index contributed by atoms with van der Waals surface area (Å²) in [7, 11) is 0. The molecular formula is C23H33N5O5. The average Bonchev–Trinajstić information content (AvgIpc) is 3.17. The van der Waals surface area contributed by atoms with Crippen LogP contribution in [0.4, 0.5) is 0 Å². The van der Waals surface area contributed by atoms with E-state index >= 15 is 0 Å². The summed E-state index contributed by atoms with van der Waals surface area (Å²) in [4.78, 5) is 52.1. The highest BCUT2D eigenvalue weighted by atomic mass is 16.4. The molecule has 33 heavy (non-hydrogen) atoms. The summed E-state index contributed by atoms with van der Waals surface area (Å²) in [5.41, 5.74) is 7.65. The van der Waals surface area contributed by atoms with Crippen molar-refractivity contribution < 1.29 is 24.3 Å². The Hall–Kier alpha value is -3.40. The number of fused-ring (bicyclic) bond motifs is 1. The molecule has 10 heteroatoms. The number of hydrogen-bond donors (Lipinski definition) is 6. The largest absolute Gasteiger partial charge is 0.480 e. The van der Waals surface area contributed by atoms with Crippen LogP contribution in [0.5, 0.6) is 0 Å². The summed E-state index contributed by atoms with van der Waals surface area (Å²) < 4.78 is 0. The molecule has 0 saturated carbocycles. The molecule has 3 unspecified atom stereocenters. The number of aromatic nitrogens is 1. The predicted molar refractivity (Wildman–Crippen MR) is 124 cm³/mol. The third-order valence-electron chi connectivity index (χ3n) is 5.43. The lowest BCUT2D eigenvalue weighted by molar-refractivity contribution is -0.143. The topological polar surface area (TPSA) is 166 Å². The maximum Gasteiger partial charge on any atom is 0.326 e. The van der Waals surface area contributed by atoms with Gasteiger partial charge >= 0.3 is 5.97 Å². The van der Waals surface area contributed by atoms with E-state index in [1.165, 1.54) is 0 Å². The number of H-pyrrole nitrogens is 1. The maximum absolute atomic E-state index is 12.9. The molecule has 1 aromatic heterocycles. The first kappa shape index (κ1) is 25.9. The summed E-state index contributed by atoms with van der Waals surface area (Å²) in [6, 6.07) is 4.72. The molecule has 0 spiro atoms. The fourth-order valence-corrected chi connectivity index (χ4v) is 3.33. The number of nitrogens with two attached hydrogens (primary N) is 1. The van der Waals surface area contributed by atoms with E-state index in [2.05, 4.69) is 20.9 Å². The number of hydrogen-bond acceptors (Lipinski definition) is 5. The fraction of sp³-hybridized carbons (Fsp3) is 0.478. The number of aromatic amines is 1. The van der Waals surface area contributed by atoms with Gasteiger partial charge in [0.2, 0.25) is 17.7 Å². The standard InChI is InChI=1S/C23H33N5O5/c1-12(2)19(24)22(31)27-17(9-14-10-25-16-8-6-5-7-15(14)16)21(30)26-11-18(29)28-20(13(3)4)23(32)33/h5-8,10,12-13,17,19-20,25H,9,11,24H2,1-4H3,(H,26,30)(H,27,31)(H,28,29)(H,32,33). The Morgan fingerprint density at radius 1 is 1.00 bits per heavy atom. The average molecular weight is 460 g/mol. The monoisotopic (exact) mass is 459 g/mol. The quantitative estimate of drug-likeness (QED) is 0.286. The van der Waals surface area contributed by atoms with Crippen LogP contribution >= 0.6 is 0 Å². The molecule has 0 aliphatic carbocycles. The number of carboxylic acid groups (broad SMARTS) is 1. The molecule has 3 atom stereocenters. The number of amides is 3. The minimum atomic E-state index is -1.16. The van der Waals surface area contributed by atoms with E-state index in [9.17, 15) is 24.3 Å². The van der Waals surface area contributed by atoms with Gasteiger partial charge in [-0.3, -0.25) is 14.4 Å². The minimum absolute atomic E-state index is 0.128. The number of carbonyl (C=O) groups excluding carboxylic acids is 3. The Kier molecular flexibility index (Phi) is 8.98. The molecule has 0 saturated heterocycles. The van der Waals surface area contributed by atoms with E-state index in [1.807, 2.05) is 24.3 Å². The molecule has 2 rings (SSSR count). The van der Waals surface area contributed by atoms with Crippen LogP contribution in [0.2, 0.25) is 0 Å². The van der Waals surface area contributed by atoms with E-state index in [4.69, 9.17) is 5.73 Å². The lowest BCUT2D eigenvalue weighted by Gasteiger charge is -2.22. The Morgan fingerprint density at radius 3 is 2.27 bits per heavy atom. The number of rotatable bonds is 11. The smallest absolute Gasteiger partial charge is 0.326 e. The van der Waals surface area contributed by atoms with Gasteiger partial charge in [-0.15, -0.1) is 0 Å². The van der Waals surface area contributed by atoms with Gasteiger partial charge in [-0.05, 0) is 23.5 Å². The van der Waals surface area contributed by atoms with E-state index < -0.39 is 48.4 Å². The zero-order valence-corrected chi connectivity index (χ0v) is 19.3. The van der Waals surface area contributed by atoms with Gasteiger partial charge in [0.25, 0.3) is 0 Å². The zero-order chi connectivity index (χ0) is 24.7.